The number of thiophene rings is 1. The minimum Gasteiger partial charge on any atom is -0.507 e. The van der Waals surface area contributed by atoms with Gasteiger partial charge in [0.15, 0.2) is 0 Å². The molecule has 1 aliphatic heterocycles. The van der Waals surface area contributed by atoms with Gasteiger partial charge in [0.2, 0.25) is 0 Å². The molecule has 0 spiro atoms. The molecule has 0 saturated carbocycles. The highest BCUT2D eigenvalue weighted by atomic mass is 35.5. The minimum absolute atomic E-state index is 0.0192. The number of ether oxygens (including phenoxy) is 2. The number of phenols is 1. The number of rotatable bonds is 5. The van der Waals surface area contributed by atoms with Crippen LogP contribution in [0.15, 0.2) is 29.2 Å². The van der Waals surface area contributed by atoms with E-state index in [4.69, 9.17) is 32.7 Å². The van der Waals surface area contributed by atoms with Gasteiger partial charge in [-0.25, -0.2) is 13.2 Å². The van der Waals surface area contributed by atoms with Gasteiger partial charge in [0.05, 0.1) is 23.2 Å². The van der Waals surface area contributed by atoms with Crippen LogP contribution in [0.5, 0.6) is 5.75 Å². The van der Waals surface area contributed by atoms with Gasteiger partial charge in [-0.05, 0) is 18.2 Å². The smallest absolute Gasteiger partial charge is 0.342 e. The summed E-state index contributed by atoms with van der Waals surface area (Å²) in [6, 6.07) is 4.95. The van der Waals surface area contributed by atoms with Gasteiger partial charge in [-0.15, -0.1) is 11.3 Å². The molecule has 140 valence electrons. The van der Waals surface area contributed by atoms with Crippen LogP contribution in [0.1, 0.15) is 16.8 Å². The molecule has 1 atom stereocenters. The Hall–Kier alpha value is -1.52. The number of halogens is 2. The minimum atomic E-state index is -3.99. The molecule has 1 aromatic carbocycles. The van der Waals surface area contributed by atoms with E-state index in [0.29, 0.717) is 19.6 Å². The highest BCUT2D eigenvalue weighted by Crippen LogP contribution is 2.35. The lowest BCUT2D eigenvalue weighted by Crippen LogP contribution is -2.18. The molecule has 0 aliphatic carbocycles. The Morgan fingerprint density at radius 3 is 2.69 bits per heavy atom. The molecule has 2 heterocycles. The quantitative estimate of drug-likeness (QED) is 0.693. The van der Waals surface area contributed by atoms with Gasteiger partial charge in [0.1, 0.15) is 26.6 Å². The number of benzene rings is 1. The van der Waals surface area contributed by atoms with Gasteiger partial charge in [-0.2, -0.15) is 0 Å². The first-order chi connectivity index (χ1) is 12.3. The third kappa shape index (κ3) is 4.24. The zero-order chi connectivity index (χ0) is 18.9. The fourth-order valence-electron chi connectivity index (χ4n) is 2.31. The van der Waals surface area contributed by atoms with E-state index in [9.17, 15) is 18.3 Å². The van der Waals surface area contributed by atoms with E-state index >= 15 is 0 Å². The second kappa shape index (κ2) is 7.61. The Kier molecular flexibility index (Phi) is 5.64. The van der Waals surface area contributed by atoms with Crippen molar-refractivity contribution in [2.45, 2.75) is 17.4 Å². The Labute approximate surface area is 163 Å². The monoisotopic (exact) mass is 437 g/mol. The summed E-state index contributed by atoms with van der Waals surface area (Å²) in [7, 11) is -3.99. The van der Waals surface area contributed by atoms with Crippen LogP contribution in [0.25, 0.3) is 0 Å². The summed E-state index contributed by atoms with van der Waals surface area (Å²) in [5.41, 5.74) is -0.0157. The topological polar surface area (TPSA) is 102 Å². The van der Waals surface area contributed by atoms with E-state index in [-0.39, 0.29) is 30.9 Å². The van der Waals surface area contributed by atoms with Crippen molar-refractivity contribution in [2.75, 3.05) is 17.9 Å². The zero-order valence-corrected chi connectivity index (χ0v) is 16.2. The van der Waals surface area contributed by atoms with Crippen LogP contribution in [0, 0.1) is 0 Å². The fraction of sp³-hybridized carbons (Fsp3) is 0.267. The average molecular weight is 438 g/mol. The molecule has 2 N–H and O–H groups in total. The lowest BCUT2D eigenvalue weighted by molar-refractivity contribution is 0.0268. The van der Waals surface area contributed by atoms with Crippen molar-refractivity contribution in [2.24, 2.45) is 0 Å². The molecule has 7 nitrogen and oxygen atoms in total. The summed E-state index contributed by atoms with van der Waals surface area (Å²) in [6.07, 6.45) is 0.236. The molecular weight excluding hydrogens is 425 g/mol. The molecule has 1 saturated heterocycles. The molecule has 1 aromatic heterocycles. The molecule has 3 rings (SSSR count). The summed E-state index contributed by atoms with van der Waals surface area (Å²) in [4.78, 5) is 11.9. The van der Waals surface area contributed by atoms with Crippen LogP contribution >= 0.6 is 34.5 Å². The molecule has 11 heteroatoms. The van der Waals surface area contributed by atoms with Gasteiger partial charge in [-0.3, -0.25) is 4.72 Å². The van der Waals surface area contributed by atoms with E-state index in [1.165, 1.54) is 18.2 Å². The van der Waals surface area contributed by atoms with Crippen LogP contribution < -0.4 is 4.72 Å². The number of hydrogen-bond donors (Lipinski definition) is 2. The number of phenolic OH excluding ortho intramolecular Hbond substituents is 1. The molecule has 2 aromatic rings. The highest BCUT2D eigenvalue weighted by Gasteiger charge is 2.24. The van der Waals surface area contributed by atoms with E-state index in [2.05, 4.69) is 4.72 Å². The lowest BCUT2D eigenvalue weighted by Gasteiger charge is -2.12. The number of hydrogen-bond acceptors (Lipinski definition) is 7. The van der Waals surface area contributed by atoms with Crippen LogP contribution in [0.3, 0.4) is 0 Å². The van der Waals surface area contributed by atoms with Crippen LogP contribution in [-0.2, 0) is 19.5 Å². The summed E-state index contributed by atoms with van der Waals surface area (Å²) < 4.78 is 37.6. The van der Waals surface area contributed by atoms with Crippen LogP contribution in [0.2, 0.25) is 8.67 Å². The predicted molar refractivity (Wildman–Crippen MR) is 97.9 cm³/mol. The Morgan fingerprint density at radius 1 is 1.35 bits per heavy atom. The van der Waals surface area contributed by atoms with Crippen molar-refractivity contribution < 1.29 is 27.8 Å². The van der Waals surface area contributed by atoms with E-state index in [1.807, 2.05) is 0 Å². The second-order valence-electron chi connectivity index (χ2n) is 5.42. The number of aromatic hydroxyl groups is 1. The first kappa shape index (κ1) is 19.2. The van der Waals surface area contributed by atoms with Crippen LogP contribution in [0.4, 0.5) is 5.69 Å². The van der Waals surface area contributed by atoms with Gasteiger partial charge >= 0.3 is 5.97 Å². The number of nitrogens with one attached hydrogen (secondary N) is 1. The Bertz CT molecular complexity index is 938. The molecule has 1 unspecified atom stereocenters. The molecular formula is C15H13Cl2NO6S2. The van der Waals surface area contributed by atoms with Crippen molar-refractivity contribution >= 4 is 56.2 Å². The van der Waals surface area contributed by atoms with Crippen molar-refractivity contribution in [3.05, 3.63) is 38.5 Å². The molecule has 0 bridgehead atoms. The van der Waals surface area contributed by atoms with E-state index < -0.39 is 21.7 Å². The fourth-order valence-corrected chi connectivity index (χ4v) is 5.51. The summed E-state index contributed by atoms with van der Waals surface area (Å²) in [6.45, 7) is 0.828. The summed E-state index contributed by atoms with van der Waals surface area (Å²) >= 11 is 12.6. The SMILES string of the molecule is O=C(OC1CCOC1)c1ccc(NS(=O)(=O)c2cc(Cl)sc2Cl)cc1O. The normalized spacial score (nSPS) is 17.2. The Morgan fingerprint density at radius 2 is 2.12 bits per heavy atom. The Balaban J connectivity index is 1.76. The maximum atomic E-state index is 12.4. The van der Waals surface area contributed by atoms with Gasteiger partial charge in [0, 0.05) is 12.5 Å². The zero-order valence-electron chi connectivity index (χ0n) is 13.1. The first-order valence-corrected chi connectivity index (χ1v) is 10.4. The summed E-state index contributed by atoms with van der Waals surface area (Å²) in [5, 5.41) is 10.0. The summed E-state index contributed by atoms with van der Waals surface area (Å²) in [5.74, 6) is -1.12. The molecule has 1 aliphatic rings. The average Bonchev–Trinajstić information content (AvgIpc) is 3.16. The van der Waals surface area contributed by atoms with Crippen molar-refractivity contribution in [3.63, 3.8) is 0 Å². The molecule has 1 fully saturated rings. The lowest BCUT2D eigenvalue weighted by atomic mass is 10.2. The van der Waals surface area contributed by atoms with Crippen LogP contribution in [-0.4, -0.2) is 38.8 Å². The number of carbonyl (C=O) groups is 1. The van der Waals surface area contributed by atoms with Gasteiger partial charge < -0.3 is 14.6 Å². The number of anilines is 1. The number of esters is 1. The maximum absolute atomic E-state index is 12.4. The van der Waals surface area contributed by atoms with Crippen molar-refractivity contribution in [1.82, 2.24) is 0 Å². The highest BCUT2D eigenvalue weighted by molar-refractivity contribution is 7.93. The second-order valence-corrected chi connectivity index (χ2v) is 9.35. The third-order valence-electron chi connectivity index (χ3n) is 3.55. The standard InChI is InChI=1S/C15H13Cl2NO6S2/c16-13-6-12(14(17)25-13)26(21,22)18-8-1-2-10(11(19)5-8)15(20)24-9-3-4-23-7-9/h1-2,5-6,9,18-19H,3-4,7H2. The van der Waals surface area contributed by atoms with Crippen molar-refractivity contribution in [1.29, 1.82) is 0 Å². The molecule has 0 amide bonds. The predicted octanol–water partition coefficient (Wildman–Crippen LogP) is 3.51. The number of carbonyl (C=O) groups excluding carboxylic acids is 1. The van der Waals surface area contributed by atoms with Crippen molar-refractivity contribution in [3.8, 4) is 5.75 Å². The number of sulfonamides is 1. The third-order valence-corrected chi connectivity index (χ3v) is 6.68. The first-order valence-electron chi connectivity index (χ1n) is 7.35. The maximum Gasteiger partial charge on any atom is 0.342 e. The van der Waals surface area contributed by atoms with Gasteiger partial charge in [-0.1, -0.05) is 23.2 Å². The molecule has 26 heavy (non-hydrogen) atoms. The van der Waals surface area contributed by atoms with E-state index in [0.717, 1.165) is 17.4 Å². The van der Waals surface area contributed by atoms with E-state index in [1.54, 1.807) is 0 Å². The van der Waals surface area contributed by atoms with Gasteiger partial charge in [0.25, 0.3) is 10.0 Å². The largest absolute Gasteiger partial charge is 0.507 e. The molecule has 0 radical (unpaired) electrons.